The summed E-state index contributed by atoms with van der Waals surface area (Å²) in [7, 11) is 1.62. The number of hydrogen-bond donors (Lipinski definition) is 1. The van der Waals surface area contributed by atoms with Crippen LogP contribution in [0.3, 0.4) is 0 Å². The molecule has 8 nitrogen and oxygen atoms in total. The molecule has 2 amide bonds. The SMILES string of the molecule is COc1ccccc1CNC(=O)C1CCCN1c1nnc(N2CCCC2=O)s1. The minimum atomic E-state index is -0.273. The highest BCUT2D eigenvalue weighted by Crippen LogP contribution is 2.33. The van der Waals surface area contributed by atoms with Gasteiger partial charge in [0.1, 0.15) is 11.8 Å². The second kappa shape index (κ2) is 8.14. The lowest BCUT2D eigenvalue weighted by molar-refractivity contribution is -0.122. The Hall–Kier alpha value is -2.68. The number of anilines is 2. The van der Waals surface area contributed by atoms with E-state index in [-0.39, 0.29) is 17.9 Å². The van der Waals surface area contributed by atoms with Gasteiger partial charge in [-0.3, -0.25) is 14.5 Å². The molecule has 3 heterocycles. The first-order valence-corrected chi connectivity index (χ1v) is 10.3. The Morgan fingerprint density at radius 3 is 2.86 bits per heavy atom. The maximum absolute atomic E-state index is 12.8. The normalized spacial score (nSPS) is 19.3. The Labute approximate surface area is 167 Å². The first kappa shape index (κ1) is 18.7. The monoisotopic (exact) mass is 401 g/mol. The Morgan fingerprint density at radius 1 is 1.25 bits per heavy atom. The fourth-order valence-electron chi connectivity index (χ4n) is 3.70. The van der Waals surface area contributed by atoms with E-state index in [1.54, 1.807) is 12.0 Å². The zero-order chi connectivity index (χ0) is 19.5. The van der Waals surface area contributed by atoms with E-state index in [9.17, 15) is 9.59 Å². The summed E-state index contributed by atoms with van der Waals surface area (Å²) in [4.78, 5) is 28.4. The number of aromatic nitrogens is 2. The van der Waals surface area contributed by atoms with Crippen molar-refractivity contribution in [3.8, 4) is 5.75 Å². The number of para-hydroxylation sites is 1. The van der Waals surface area contributed by atoms with Crippen LogP contribution in [0.25, 0.3) is 0 Å². The van der Waals surface area contributed by atoms with Crippen LogP contribution in [0, 0.1) is 0 Å². The molecule has 2 aromatic rings. The molecule has 0 spiro atoms. The van der Waals surface area contributed by atoms with Crippen LogP contribution >= 0.6 is 11.3 Å². The molecule has 1 N–H and O–H groups in total. The third-order valence-corrected chi connectivity index (χ3v) is 6.14. The van der Waals surface area contributed by atoms with Gasteiger partial charge >= 0.3 is 0 Å². The number of nitrogens with one attached hydrogen (secondary N) is 1. The summed E-state index contributed by atoms with van der Waals surface area (Å²) < 4.78 is 5.34. The number of ether oxygens (including phenoxy) is 1. The smallest absolute Gasteiger partial charge is 0.243 e. The highest BCUT2D eigenvalue weighted by atomic mass is 32.1. The molecule has 1 atom stereocenters. The molecule has 1 unspecified atom stereocenters. The van der Waals surface area contributed by atoms with Crippen molar-refractivity contribution >= 4 is 33.4 Å². The van der Waals surface area contributed by atoms with Crippen LogP contribution in [-0.2, 0) is 16.1 Å². The van der Waals surface area contributed by atoms with Gasteiger partial charge in [0.25, 0.3) is 0 Å². The van der Waals surface area contributed by atoms with Gasteiger partial charge in [-0.2, -0.15) is 0 Å². The van der Waals surface area contributed by atoms with Gasteiger partial charge in [-0.15, -0.1) is 10.2 Å². The minimum Gasteiger partial charge on any atom is -0.496 e. The van der Waals surface area contributed by atoms with Crippen LogP contribution in [0.15, 0.2) is 24.3 Å². The Balaban J connectivity index is 1.42. The minimum absolute atomic E-state index is 0.0302. The van der Waals surface area contributed by atoms with Crippen LogP contribution in [0.4, 0.5) is 10.3 Å². The average molecular weight is 401 g/mol. The molecule has 2 fully saturated rings. The number of benzene rings is 1. The third kappa shape index (κ3) is 3.66. The quantitative estimate of drug-likeness (QED) is 0.796. The number of hydrogen-bond acceptors (Lipinski definition) is 7. The first-order valence-electron chi connectivity index (χ1n) is 9.47. The zero-order valence-corrected chi connectivity index (χ0v) is 16.6. The number of amides is 2. The van der Waals surface area contributed by atoms with Gasteiger partial charge in [-0.1, -0.05) is 29.5 Å². The van der Waals surface area contributed by atoms with Gasteiger partial charge in [0.2, 0.25) is 22.1 Å². The molecule has 1 aromatic carbocycles. The van der Waals surface area contributed by atoms with E-state index < -0.39 is 0 Å². The zero-order valence-electron chi connectivity index (χ0n) is 15.8. The van der Waals surface area contributed by atoms with Crippen LogP contribution in [0.1, 0.15) is 31.2 Å². The van der Waals surface area contributed by atoms with Gasteiger partial charge in [-0.05, 0) is 25.3 Å². The van der Waals surface area contributed by atoms with Crippen molar-refractivity contribution in [1.29, 1.82) is 0 Å². The molecule has 0 saturated carbocycles. The number of carbonyl (C=O) groups excluding carboxylic acids is 2. The molecule has 2 saturated heterocycles. The predicted octanol–water partition coefficient (Wildman–Crippen LogP) is 1.96. The summed E-state index contributed by atoms with van der Waals surface area (Å²) in [6, 6.07) is 7.38. The van der Waals surface area contributed by atoms with Crippen molar-refractivity contribution in [2.45, 2.75) is 38.3 Å². The summed E-state index contributed by atoms with van der Waals surface area (Å²) in [6.45, 7) is 1.86. The van der Waals surface area contributed by atoms with E-state index >= 15 is 0 Å². The van der Waals surface area contributed by atoms with Crippen LogP contribution < -0.4 is 19.9 Å². The van der Waals surface area contributed by atoms with E-state index in [1.807, 2.05) is 29.2 Å². The Kier molecular flexibility index (Phi) is 5.43. The average Bonchev–Trinajstić information content (AvgIpc) is 3.45. The molecule has 2 aliphatic rings. The summed E-state index contributed by atoms with van der Waals surface area (Å²) in [5, 5.41) is 12.8. The van der Waals surface area contributed by atoms with Gasteiger partial charge in [0, 0.05) is 31.6 Å². The molecule has 28 heavy (non-hydrogen) atoms. The largest absolute Gasteiger partial charge is 0.496 e. The second-order valence-electron chi connectivity index (χ2n) is 6.90. The standard InChI is InChI=1S/C19H23N5O3S/c1-27-15-8-3-2-6-13(15)12-20-17(26)14-7-4-10-23(14)18-21-22-19(28-18)24-11-5-9-16(24)25/h2-3,6,8,14H,4-5,7,9-12H2,1H3,(H,20,26). The molecule has 0 aliphatic carbocycles. The molecule has 9 heteroatoms. The summed E-state index contributed by atoms with van der Waals surface area (Å²) in [6.07, 6.45) is 3.11. The summed E-state index contributed by atoms with van der Waals surface area (Å²) >= 11 is 1.38. The molecular weight excluding hydrogens is 378 g/mol. The number of carbonyl (C=O) groups is 2. The third-order valence-electron chi connectivity index (χ3n) is 5.15. The summed E-state index contributed by atoms with van der Waals surface area (Å²) in [5.41, 5.74) is 0.939. The van der Waals surface area contributed by atoms with Gasteiger partial charge in [-0.25, -0.2) is 0 Å². The highest BCUT2D eigenvalue weighted by molar-refractivity contribution is 7.19. The number of rotatable bonds is 6. The van der Waals surface area contributed by atoms with E-state index in [0.717, 1.165) is 37.1 Å². The van der Waals surface area contributed by atoms with Crippen LogP contribution in [-0.4, -0.2) is 48.3 Å². The van der Waals surface area contributed by atoms with Gasteiger partial charge in [0.15, 0.2) is 0 Å². The lowest BCUT2D eigenvalue weighted by Gasteiger charge is -2.23. The molecule has 1 aromatic heterocycles. The van der Waals surface area contributed by atoms with Crippen molar-refractivity contribution in [2.75, 3.05) is 30.0 Å². The number of methoxy groups -OCH3 is 1. The fraction of sp³-hybridized carbons (Fsp3) is 0.474. The topological polar surface area (TPSA) is 87.7 Å². The number of nitrogens with zero attached hydrogens (tertiary/aromatic N) is 4. The van der Waals surface area contributed by atoms with Crippen LogP contribution in [0.2, 0.25) is 0 Å². The Morgan fingerprint density at radius 2 is 2.07 bits per heavy atom. The van der Waals surface area contributed by atoms with E-state index in [2.05, 4.69) is 15.5 Å². The first-order chi connectivity index (χ1) is 13.7. The summed E-state index contributed by atoms with van der Waals surface area (Å²) in [5.74, 6) is 0.822. The van der Waals surface area contributed by atoms with Gasteiger partial charge < -0.3 is 15.0 Å². The molecular formula is C19H23N5O3S. The molecule has 2 aliphatic heterocycles. The Bertz CT molecular complexity index is 871. The van der Waals surface area contributed by atoms with E-state index in [4.69, 9.17) is 4.74 Å². The van der Waals surface area contributed by atoms with Crippen molar-refractivity contribution in [3.63, 3.8) is 0 Å². The molecule has 148 valence electrons. The second-order valence-corrected chi connectivity index (χ2v) is 7.83. The maximum atomic E-state index is 12.8. The fourth-order valence-corrected chi connectivity index (χ4v) is 4.67. The van der Waals surface area contributed by atoms with E-state index in [1.165, 1.54) is 11.3 Å². The maximum Gasteiger partial charge on any atom is 0.243 e. The lowest BCUT2D eigenvalue weighted by Crippen LogP contribution is -2.43. The van der Waals surface area contributed by atoms with Crippen LogP contribution in [0.5, 0.6) is 5.75 Å². The van der Waals surface area contributed by atoms with E-state index in [0.29, 0.717) is 29.8 Å². The van der Waals surface area contributed by atoms with Gasteiger partial charge in [0.05, 0.1) is 7.11 Å². The van der Waals surface area contributed by atoms with Crippen molar-refractivity contribution in [1.82, 2.24) is 15.5 Å². The van der Waals surface area contributed by atoms with Crippen molar-refractivity contribution in [2.24, 2.45) is 0 Å². The van der Waals surface area contributed by atoms with Crippen molar-refractivity contribution in [3.05, 3.63) is 29.8 Å². The predicted molar refractivity (Wildman–Crippen MR) is 107 cm³/mol. The lowest BCUT2D eigenvalue weighted by atomic mass is 10.1. The molecule has 0 bridgehead atoms. The molecule has 0 radical (unpaired) electrons. The molecule has 4 rings (SSSR count). The highest BCUT2D eigenvalue weighted by Gasteiger charge is 2.34. The van der Waals surface area contributed by atoms with Crippen molar-refractivity contribution < 1.29 is 14.3 Å².